The zero-order valence-corrected chi connectivity index (χ0v) is 12.2. The lowest BCUT2D eigenvalue weighted by Gasteiger charge is -2.13. The van der Waals surface area contributed by atoms with E-state index in [9.17, 15) is 4.79 Å². The Morgan fingerprint density at radius 2 is 2.00 bits per heavy atom. The van der Waals surface area contributed by atoms with Gasteiger partial charge in [0.25, 0.3) is 5.91 Å². The number of carbonyl (C=O) groups is 1. The van der Waals surface area contributed by atoms with Crippen molar-refractivity contribution < 1.29 is 4.79 Å². The predicted molar refractivity (Wildman–Crippen MR) is 79.5 cm³/mol. The molecule has 5 heteroatoms. The summed E-state index contributed by atoms with van der Waals surface area (Å²) in [6, 6.07) is 5.46. The lowest BCUT2D eigenvalue weighted by atomic mass is 9.97. The first-order valence-electron chi connectivity index (χ1n) is 6.38. The monoisotopic (exact) mass is 289 g/mol. The maximum Gasteiger partial charge on any atom is 0.251 e. The average Bonchev–Trinajstić information content (AvgIpc) is 2.38. The summed E-state index contributed by atoms with van der Waals surface area (Å²) in [6.45, 7) is 4.21. The molecule has 104 valence electrons. The minimum Gasteiger partial charge on any atom is -0.366 e. The highest BCUT2D eigenvalue weighted by atomic mass is 35.5. The summed E-state index contributed by atoms with van der Waals surface area (Å²) in [4.78, 5) is 19.8. The number of nitrogens with zero attached hydrogens (tertiary/aromatic N) is 2. The van der Waals surface area contributed by atoms with Crippen molar-refractivity contribution in [2.24, 2.45) is 11.7 Å². The topological polar surface area (TPSA) is 68.9 Å². The van der Waals surface area contributed by atoms with Crippen molar-refractivity contribution in [3.05, 3.63) is 47.0 Å². The Morgan fingerprint density at radius 1 is 1.35 bits per heavy atom. The van der Waals surface area contributed by atoms with Crippen LogP contribution in [-0.2, 0) is 6.42 Å². The van der Waals surface area contributed by atoms with Gasteiger partial charge in [0.05, 0.1) is 11.3 Å². The third-order valence-electron chi connectivity index (χ3n) is 2.91. The molecule has 0 saturated carbocycles. The second kappa shape index (κ2) is 6.01. The molecule has 2 aromatic heterocycles. The molecule has 0 radical (unpaired) electrons. The number of hydrogen-bond acceptors (Lipinski definition) is 3. The van der Waals surface area contributed by atoms with Gasteiger partial charge in [-0.2, -0.15) is 0 Å². The molecule has 0 unspecified atom stereocenters. The Hall–Kier alpha value is -1.94. The number of rotatable bonds is 4. The van der Waals surface area contributed by atoms with Crippen molar-refractivity contribution in [3.8, 4) is 11.1 Å². The quantitative estimate of drug-likeness (QED) is 0.879. The van der Waals surface area contributed by atoms with Crippen LogP contribution >= 0.6 is 11.6 Å². The van der Waals surface area contributed by atoms with Gasteiger partial charge in [-0.1, -0.05) is 25.4 Å². The summed E-state index contributed by atoms with van der Waals surface area (Å²) < 4.78 is 0. The molecule has 2 heterocycles. The van der Waals surface area contributed by atoms with Crippen LogP contribution in [0.5, 0.6) is 0 Å². The summed E-state index contributed by atoms with van der Waals surface area (Å²) in [5.41, 5.74) is 8.26. The summed E-state index contributed by atoms with van der Waals surface area (Å²) in [7, 11) is 0. The van der Waals surface area contributed by atoms with Crippen LogP contribution in [0, 0.1) is 5.92 Å². The summed E-state index contributed by atoms with van der Waals surface area (Å²) >= 11 is 6.04. The van der Waals surface area contributed by atoms with E-state index in [0.29, 0.717) is 5.92 Å². The second-order valence-electron chi connectivity index (χ2n) is 5.02. The van der Waals surface area contributed by atoms with Gasteiger partial charge in [0.15, 0.2) is 0 Å². The van der Waals surface area contributed by atoms with E-state index in [4.69, 9.17) is 17.3 Å². The summed E-state index contributed by atoms with van der Waals surface area (Å²) in [6.07, 6.45) is 4.18. The fraction of sp³-hybridized carbons (Fsp3) is 0.267. The fourth-order valence-corrected chi connectivity index (χ4v) is 2.27. The molecule has 0 bridgehead atoms. The number of nitrogens with two attached hydrogens (primary N) is 1. The van der Waals surface area contributed by atoms with Crippen LogP contribution in [0.2, 0.25) is 5.15 Å². The molecule has 0 atom stereocenters. The standard InChI is InChI=1S/C15H16ClN3O/c1-9(2)7-13-11(10-3-5-18-6-4-10)8-12(15(17)20)14(16)19-13/h3-6,8-9H,7H2,1-2H3,(H2,17,20). The third-order valence-corrected chi connectivity index (χ3v) is 3.20. The molecule has 0 saturated heterocycles. The lowest BCUT2D eigenvalue weighted by Crippen LogP contribution is -2.14. The normalized spacial score (nSPS) is 10.8. The van der Waals surface area contributed by atoms with Crippen LogP contribution in [0.25, 0.3) is 11.1 Å². The van der Waals surface area contributed by atoms with Gasteiger partial charge >= 0.3 is 0 Å². The number of carbonyl (C=O) groups excluding carboxylic acids is 1. The van der Waals surface area contributed by atoms with Gasteiger partial charge in [0.2, 0.25) is 0 Å². The number of primary amides is 1. The first kappa shape index (κ1) is 14.5. The molecule has 20 heavy (non-hydrogen) atoms. The van der Waals surface area contributed by atoms with Crippen LogP contribution in [0.15, 0.2) is 30.6 Å². The molecule has 1 amide bonds. The molecule has 2 N–H and O–H groups in total. The average molecular weight is 290 g/mol. The molecule has 0 aliphatic carbocycles. The molecule has 0 fully saturated rings. The van der Waals surface area contributed by atoms with Crippen molar-refractivity contribution in [2.45, 2.75) is 20.3 Å². The molecular formula is C15H16ClN3O. The minimum atomic E-state index is -0.575. The molecular weight excluding hydrogens is 274 g/mol. The summed E-state index contributed by atoms with van der Waals surface area (Å²) in [5, 5.41) is 0.158. The molecule has 0 spiro atoms. The minimum absolute atomic E-state index is 0.158. The van der Waals surface area contributed by atoms with Crippen LogP contribution in [-0.4, -0.2) is 15.9 Å². The van der Waals surface area contributed by atoms with Crippen molar-refractivity contribution in [1.82, 2.24) is 9.97 Å². The van der Waals surface area contributed by atoms with Gasteiger partial charge in [0, 0.05) is 18.0 Å². The Labute approximate surface area is 123 Å². The van der Waals surface area contributed by atoms with Crippen molar-refractivity contribution in [1.29, 1.82) is 0 Å². The van der Waals surface area contributed by atoms with E-state index in [-0.39, 0.29) is 10.7 Å². The van der Waals surface area contributed by atoms with E-state index in [1.54, 1.807) is 18.5 Å². The smallest absolute Gasteiger partial charge is 0.251 e. The number of aromatic nitrogens is 2. The van der Waals surface area contributed by atoms with E-state index in [1.165, 1.54) is 0 Å². The Bertz CT molecular complexity index is 627. The lowest BCUT2D eigenvalue weighted by molar-refractivity contribution is 0.1000. The molecule has 0 aliphatic rings. The highest BCUT2D eigenvalue weighted by Crippen LogP contribution is 2.28. The molecule has 0 aliphatic heterocycles. The van der Waals surface area contributed by atoms with Crippen LogP contribution < -0.4 is 5.73 Å². The number of amides is 1. The van der Waals surface area contributed by atoms with Crippen molar-refractivity contribution >= 4 is 17.5 Å². The Kier molecular flexibility index (Phi) is 4.35. The van der Waals surface area contributed by atoms with Gasteiger partial charge in [-0.15, -0.1) is 0 Å². The van der Waals surface area contributed by atoms with Crippen molar-refractivity contribution in [3.63, 3.8) is 0 Å². The highest BCUT2D eigenvalue weighted by Gasteiger charge is 2.16. The first-order chi connectivity index (χ1) is 9.49. The number of pyridine rings is 2. The van der Waals surface area contributed by atoms with Gasteiger partial charge in [0.1, 0.15) is 5.15 Å². The van der Waals surface area contributed by atoms with Crippen LogP contribution in [0.1, 0.15) is 29.9 Å². The van der Waals surface area contributed by atoms with E-state index in [0.717, 1.165) is 23.2 Å². The van der Waals surface area contributed by atoms with Crippen LogP contribution in [0.3, 0.4) is 0 Å². The number of halogens is 1. The molecule has 2 aromatic rings. The third kappa shape index (κ3) is 3.14. The van der Waals surface area contributed by atoms with E-state index < -0.39 is 5.91 Å². The van der Waals surface area contributed by atoms with Crippen molar-refractivity contribution in [2.75, 3.05) is 0 Å². The Balaban J connectivity index is 2.62. The zero-order valence-electron chi connectivity index (χ0n) is 11.4. The fourth-order valence-electron chi connectivity index (χ4n) is 2.02. The van der Waals surface area contributed by atoms with Gasteiger partial charge in [-0.3, -0.25) is 9.78 Å². The Morgan fingerprint density at radius 3 is 2.55 bits per heavy atom. The predicted octanol–water partition coefficient (Wildman–Crippen LogP) is 3.09. The van der Waals surface area contributed by atoms with Crippen LogP contribution in [0.4, 0.5) is 0 Å². The maximum atomic E-state index is 11.4. The first-order valence-corrected chi connectivity index (χ1v) is 6.76. The SMILES string of the molecule is CC(C)Cc1nc(Cl)c(C(N)=O)cc1-c1ccncc1. The number of hydrogen-bond donors (Lipinski definition) is 1. The van der Waals surface area contributed by atoms with E-state index in [2.05, 4.69) is 23.8 Å². The second-order valence-corrected chi connectivity index (χ2v) is 5.38. The van der Waals surface area contributed by atoms with Gasteiger partial charge in [-0.05, 0) is 36.1 Å². The largest absolute Gasteiger partial charge is 0.366 e. The van der Waals surface area contributed by atoms with Gasteiger partial charge < -0.3 is 5.73 Å². The van der Waals surface area contributed by atoms with E-state index >= 15 is 0 Å². The zero-order chi connectivity index (χ0) is 14.7. The highest BCUT2D eigenvalue weighted by molar-refractivity contribution is 6.32. The molecule has 0 aromatic carbocycles. The van der Waals surface area contributed by atoms with E-state index in [1.807, 2.05) is 12.1 Å². The maximum absolute atomic E-state index is 11.4. The molecule has 2 rings (SSSR count). The molecule has 4 nitrogen and oxygen atoms in total. The van der Waals surface area contributed by atoms with Gasteiger partial charge in [-0.25, -0.2) is 4.98 Å². The summed E-state index contributed by atoms with van der Waals surface area (Å²) in [5.74, 6) is -0.146.